The van der Waals surface area contributed by atoms with Gasteiger partial charge >= 0.3 is 0 Å². The van der Waals surface area contributed by atoms with Crippen molar-refractivity contribution in [3.8, 4) is 0 Å². The Balaban J connectivity index is 2.22. The summed E-state index contributed by atoms with van der Waals surface area (Å²) in [6.07, 6.45) is 6.87. The van der Waals surface area contributed by atoms with E-state index in [0.29, 0.717) is 22.8 Å². The molecule has 0 spiro atoms. The van der Waals surface area contributed by atoms with Crippen LogP contribution < -0.4 is 5.32 Å². The van der Waals surface area contributed by atoms with Crippen molar-refractivity contribution in [3.63, 3.8) is 0 Å². The van der Waals surface area contributed by atoms with E-state index in [2.05, 4.69) is 51.8 Å². The zero-order valence-electron chi connectivity index (χ0n) is 14.8. The summed E-state index contributed by atoms with van der Waals surface area (Å²) in [4.78, 5) is 15.0. The van der Waals surface area contributed by atoms with Gasteiger partial charge in [-0.3, -0.25) is 10.1 Å². The molecule has 1 N–H and O–H groups in total. The standard InChI is InChI=1S/C18H34N2O/c1-7-9-15-19-14(8-2)16(21)20(15)13-10-17(3,4)12-18(5,6)11-13/h13-15,19H,7-12H2,1-6H3. The van der Waals surface area contributed by atoms with E-state index >= 15 is 0 Å². The lowest BCUT2D eigenvalue weighted by molar-refractivity contribution is -0.135. The van der Waals surface area contributed by atoms with Crippen molar-refractivity contribution in [1.29, 1.82) is 0 Å². The van der Waals surface area contributed by atoms with Gasteiger partial charge in [-0.25, -0.2) is 0 Å². The summed E-state index contributed by atoms with van der Waals surface area (Å²) in [5.41, 5.74) is 0.654. The lowest BCUT2D eigenvalue weighted by Crippen LogP contribution is -2.51. The molecule has 2 aliphatic rings. The molecule has 1 aliphatic carbocycles. The van der Waals surface area contributed by atoms with Gasteiger partial charge in [-0.2, -0.15) is 0 Å². The fourth-order valence-corrected chi connectivity index (χ4v) is 4.92. The van der Waals surface area contributed by atoms with E-state index in [0.717, 1.165) is 32.1 Å². The predicted octanol–water partition coefficient (Wildman–Crippen LogP) is 3.93. The van der Waals surface area contributed by atoms with Gasteiger partial charge in [0.25, 0.3) is 0 Å². The van der Waals surface area contributed by atoms with E-state index in [1.54, 1.807) is 0 Å². The minimum absolute atomic E-state index is 0.0368. The van der Waals surface area contributed by atoms with Crippen LogP contribution in [0.25, 0.3) is 0 Å². The first kappa shape index (κ1) is 16.8. The molecule has 1 aliphatic heterocycles. The van der Waals surface area contributed by atoms with Gasteiger partial charge in [0.1, 0.15) is 0 Å². The topological polar surface area (TPSA) is 32.3 Å². The van der Waals surface area contributed by atoms with E-state index in [1.165, 1.54) is 6.42 Å². The normalized spacial score (nSPS) is 32.7. The number of hydrogen-bond acceptors (Lipinski definition) is 2. The molecule has 2 atom stereocenters. The minimum atomic E-state index is 0.0368. The summed E-state index contributed by atoms with van der Waals surface area (Å²) < 4.78 is 0. The third-order valence-corrected chi connectivity index (χ3v) is 5.18. The average molecular weight is 294 g/mol. The third kappa shape index (κ3) is 3.61. The summed E-state index contributed by atoms with van der Waals surface area (Å²) in [7, 11) is 0. The Morgan fingerprint density at radius 2 is 1.71 bits per heavy atom. The number of nitrogens with one attached hydrogen (secondary N) is 1. The number of carbonyl (C=O) groups excluding carboxylic acids is 1. The van der Waals surface area contributed by atoms with E-state index in [9.17, 15) is 4.79 Å². The molecular weight excluding hydrogens is 260 g/mol. The van der Waals surface area contributed by atoms with Crippen LogP contribution in [0, 0.1) is 10.8 Å². The Bertz CT molecular complexity index is 373. The lowest BCUT2D eigenvalue weighted by Gasteiger charge is -2.48. The van der Waals surface area contributed by atoms with Gasteiger partial charge in [0.15, 0.2) is 0 Å². The summed E-state index contributed by atoms with van der Waals surface area (Å²) in [5, 5.41) is 3.57. The molecule has 0 aromatic rings. The first-order chi connectivity index (χ1) is 9.69. The van der Waals surface area contributed by atoms with Gasteiger partial charge in [0.05, 0.1) is 12.2 Å². The Hall–Kier alpha value is -0.570. The Kier molecular flexibility index (Phi) is 4.72. The maximum Gasteiger partial charge on any atom is 0.241 e. The SMILES string of the molecule is CCCC1NC(CC)C(=O)N1C1CC(C)(C)CC(C)(C)C1. The van der Waals surface area contributed by atoms with Crippen molar-refractivity contribution in [3.05, 3.63) is 0 Å². The molecule has 2 fully saturated rings. The molecule has 3 nitrogen and oxygen atoms in total. The smallest absolute Gasteiger partial charge is 0.241 e. The summed E-state index contributed by atoms with van der Waals surface area (Å²) in [6, 6.07) is 0.437. The lowest BCUT2D eigenvalue weighted by atomic mass is 9.63. The zero-order valence-corrected chi connectivity index (χ0v) is 14.8. The molecule has 21 heavy (non-hydrogen) atoms. The number of rotatable bonds is 4. The molecule has 2 unspecified atom stereocenters. The molecule has 1 heterocycles. The van der Waals surface area contributed by atoms with Crippen LogP contribution in [0.5, 0.6) is 0 Å². The zero-order chi connectivity index (χ0) is 15.8. The van der Waals surface area contributed by atoms with Crippen molar-refractivity contribution in [1.82, 2.24) is 10.2 Å². The predicted molar refractivity (Wildman–Crippen MR) is 88.0 cm³/mol. The van der Waals surface area contributed by atoms with E-state index < -0.39 is 0 Å². The van der Waals surface area contributed by atoms with Crippen LogP contribution in [0.4, 0.5) is 0 Å². The molecule has 0 aromatic carbocycles. The van der Waals surface area contributed by atoms with Crippen LogP contribution in [0.2, 0.25) is 0 Å². The minimum Gasteiger partial charge on any atom is -0.323 e. The molecule has 0 aromatic heterocycles. The van der Waals surface area contributed by atoms with Crippen LogP contribution in [-0.2, 0) is 4.79 Å². The molecule has 0 radical (unpaired) electrons. The molecular formula is C18H34N2O. The quantitative estimate of drug-likeness (QED) is 0.852. The van der Waals surface area contributed by atoms with Gasteiger partial charge in [-0.1, -0.05) is 48.0 Å². The molecule has 122 valence electrons. The third-order valence-electron chi connectivity index (χ3n) is 5.18. The summed E-state index contributed by atoms with van der Waals surface area (Å²) in [6.45, 7) is 13.8. The number of carbonyl (C=O) groups is 1. The summed E-state index contributed by atoms with van der Waals surface area (Å²) in [5.74, 6) is 0.342. The molecule has 3 heteroatoms. The Morgan fingerprint density at radius 1 is 1.14 bits per heavy atom. The maximum atomic E-state index is 12.8. The largest absolute Gasteiger partial charge is 0.323 e. The van der Waals surface area contributed by atoms with Gasteiger partial charge in [-0.15, -0.1) is 0 Å². The first-order valence-electron chi connectivity index (χ1n) is 8.77. The molecule has 1 amide bonds. The second-order valence-electron chi connectivity index (χ2n) is 8.74. The monoisotopic (exact) mass is 294 g/mol. The maximum absolute atomic E-state index is 12.8. The van der Waals surface area contributed by atoms with E-state index in [1.807, 2.05) is 0 Å². The van der Waals surface area contributed by atoms with E-state index in [4.69, 9.17) is 0 Å². The highest BCUT2D eigenvalue weighted by molar-refractivity contribution is 5.84. The molecule has 1 saturated carbocycles. The van der Waals surface area contributed by atoms with Crippen molar-refractivity contribution >= 4 is 5.91 Å². The average Bonchev–Trinajstić information content (AvgIpc) is 2.62. The highest BCUT2D eigenvalue weighted by Crippen LogP contribution is 2.48. The number of hydrogen-bond donors (Lipinski definition) is 1. The van der Waals surface area contributed by atoms with Crippen LogP contribution in [0.15, 0.2) is 0 Å². The van der Waals surface area contributed by atoms with Gasteiger partial charge in [0.2, 0.25) is 5.91 Å². The molecule has 1 saturated heterocycles. The van der Waals surface area contributed by atoms with Crippen molar-refractivity contribution in [2.75, 3.05) is 0 Å². The van der Waals surface area contributed by atoms with Crippen molar-refractivity contribution in [2.24, 2.45) is 10.8 Å². The second-order valence-corrected chi connectivity index (χ2v) is 8.74. The fourth-order valence-electron chi connectivity index (χ4n) is 4.92. The first-order valence-corrected chi connectivity index (χ1v) is 8.77. The highest BCUT2D eigenvalue weighted by atomic mass is 16.2. The van der Waals surface area contributed by atoms with Gasteiger partial charge in [0, 0.05) is 6.04 Å². The van der Waals surface area contributed by atoms with Crippen LogP contribution in [-0.4, -0.2) is 29.1 Å². The van der Waals surface area contributed by atoms with E-state index in [-0.39, 0.29) is 12.2 Å². The number of nitrogens with zero attached hydrogens (tertiary/aromatic N) is 1. The number of amides is 1. The molecule has 2 rings (SSSR count). The Labute approximate surface area is 130 Å². The van der Waals surface area contributed by atoms with Gasteiger partial charge in [-0.05, 0) is 42.9 Å². The van der Waals surface area contributed by atoms with Gasteiger partial charge < -0.3 is 4.90 Å². The van der Waals surface area contributed by atoms with Crippen molar-refractivity contribution in [2.45, 2.75) is 98.3 Å². The summed E-state index contributed by atoms with van der Waals surface area (Å²) >= 11 is 0. The van der Waals surface area contributed by atoms with Crippen LogP contribution in [0.3, 0.4) is 0 Å². The Morgan fingerprint density at radius 3 is 2.19 bits per heavy atom. The molecule has 0 bridgehead atoms. The fraction of sp³-hybridized carbons (Fsp3) is 0.944. The van der Waals surface area contributed by atoms with Crippen LogP contribution in [0.1, 0.15) is 80.1 Å². The highest BCUT2D eigenvalue weighted by Gasteiger charge is 2.47. The van der Waals surface area contributed by atoms with Crippen LogP contribution >= 0.6 is 0 Å². The second kappa shape index (κ2) is 5.91. The van der Waals surface area contributed by atoms with Crippen molar-refractivity contribution < 1.29 is 4.79 Å².